The Bertz CT molecular complexity index is 1440. The van der Waals surface area contributed by atoms with Gasteiger partial charge in [0.2, 0.25) is 27.8 Å². The summed E-state index contributed by atoms with van der Waals surface area (Å²) >= 11 is 0. The summed E-state index contributed by atoms with van der Waals surface area (Å²) < 4.78 is 59.6. The van der Waals surface area contributed by atoms with Crippen LogP contribution in [-0.2, 0) is 25.5 Å². The van der Waals surface area contributed by atoms with Crippen LogP contribution >= 0.6 is 0 Å². The average molecular weight is 634 g/mol. The van der Waals surface area contributed by atoms with Gasteiger partial charge in [0.1, 0.15) is 5.69 Å². The van der Waals surface area contributed by atoms with Crippen LogP contribution in [-0.4, -0.2) is 80.3 Å². The highest BCUT2D eigenvalue weighted by Crippen LogP contribution is 2.44. The fraction of sp³-hybridized carbons (Fsp3) is 0.600. The van der Waals surface area contributed by atoms with Crippen molar-refractivity contribution < 1.29 is 26.8 Å². The number of halogens is 2. The number of sulfonamides is 1. The molecule has 2 saturated heterocycles. The van der Waals surface area contributed by atoms with E-state index >= 15 is 8.78 Å². The molecule has 11 nitrogen and oxygen atoms in total. The first-order valence-corrected chi connectivity index (χ1v) is 16.8. The van der Waals surface area contributed by atoms with E-state index in [0.29, 0.717) is 56.7 Å². The lowest BCUT2D eigenvalue weighted by Crippen LogP contribution is -2.49. The van der Waals surface area contributed by atoms with Crippen LogP contribution in [0.2, 0.25) is 0 Å². The summed E-state index contributed by atoms with van der Waals surface area (Å²) in [5, 5.41) is 2.84. The van der Waals surface area contributed by atoms with Crippen molar-refractivity contribution in [3.63, 3.8) is 0 Å². The second-order valence-corrected chi connectivity index (χ2v) is 13.8. The van der Waals surface area contributed by atoms with Crippen LogP contribution in [0.1, 0.15) is 56.3 Å². The molecule has 240 valence electrons. The first-order chi connectivity index (χ1) is 21.0. The molecule has 1 aromatic heterocycles. The number of aryl methyl sites for hydroxylation is 1. The minimum absolute atomic E-state index is 0.0298. The number of carbonyl (C=O) groups excluding carboxylic acids is 2. The van der Waals surface area contributed by atoms with Crippen molar-refractivity contribution in [1.82, 2.24) is 19.6 Å². The number of amides is 2. The summed E-state index contributed by atoms with van der Waals surface area (Å²) in [6.45, 7) is 4.03. The molecule has 1 aliphatic carbocycles. The summed E-state index contributed by atoms with van der Waals surface area (Å²) in [6.07, 6.45) is 3.16. The first kappa shape index (κ1) is 32.2. The molecular formula is C30H41F2N7O4S. The fourth-order valence-corrected chi connectivity index (χ4v) is 7.67. The fourth-order valence-electron chi connectivity index (χ4n) is 6.25. The maximum atomic E-state index is 15.8. The summed E-state index contributed by atoms with van der Waals surface area (Å²) in [5.74, 6) is -4.32. The molecule has 2 aromatic rings. The van der Waals surface area contributed by atoms with E-state index in [1.165, 1.54) is 22.5 Å². The van der Waals surface area contributed by atoms with Gasteiger partial charge in [0, 0.05) is 68.9 Å². The largest absolute Gasteiger partial charge is 0.356 e. The standard InChI is InChI=1S/C30H41F2N7O4S/c1-21-20-26(30(31,32)23-7-5-22(6-8-23)28(41)34-14-3-13-33)36-29(35-21)37-16-18-38(19-17-37)44(42,43)25-11-9-24(10-12-25)39-15-2-4-27(39)40/h9-12,20,22-23H,2-8,13-19,33H2,1H3,(H,34,41). The van der Waals surface area contributed by atoms with Crippen molar-refractivity contribution in [2.24, 2.45) is 17.6 Å². The van der Waals surface area contributed by atoms with Gasteiger partial charge < -0.3 is 20.9 Å². The number of rotatable bonds is 10. The monoisotopic (exact) mass is 633 g/mol. The van der Waals surface area contributed by atoms with E-state index in [2.05, 4.69) is 15.3 Å². The SMILES string of the molecule is Cc1cc(C(F)(F)C2CCC(C(=O)NCCCN)CC2)nc(N2CCN(S(=O)(=O)c3ccc(N4CCCC4=O)cc3)CC2)n1. The molecular weight excluding hydrogens is 592 g/mol. The zero-order chi connectivity index (χ0) is 31.5. The zero-order valence-electron chi connectivity index (χ0n) is 25.1. The quantitative estimate of drug-likeness (QED) is 0.381. The van der Waals surface area contributed by atoms with Gasteiger partial charge in [0.25, 0.3) is 5.92 Å². The van der Waals surface area contributed by atoms with Crippen molar-refractivity contribution in [2.45, 2.75) is 62.7 Å². The van der Waals surface area contributed by atoms with E-state index < -0.39 is 21.9 Å². The maximum absolute atomic E-state index is 15.8. The maximum Gasteiger partial charge on any atom is 0.292 e. The molecule has 3 heterocycles. The number of alkyl halides is 2. The van der Waals surface area contributed by atoms with Gasteiger partial charge in [-0.25, -0.2) is 18.4 Å². The van der Waals surface area contributed by atoms with Gasteiger partial charge in [0.05, 0.1) is 4.90 Å². The lowest BCUT2D eigenvalue weighted by atomic mass is 9.77. The molecule has 44 heavy (non-hydrogen) atoms. The molecule has 2 aliphatic heterocycles. The number of nitrogens with zero attached hydrogens (tertiary/aromatic N) is 5. The Kier molecular flexibility index (Phi) is 9.80. The first-order valence-electron chi connectivity index (χ1n) is 15.4. The van der Waals surface area contributed by atoms with Gasteiger partial charge >= 0.3 is 0 Å². The summed E-state index contributed by atoms with van der Waals surface area (Å²) in [4.78, 5) is 36.6. The Labute approximate surface area is 257 Å². The van der Waals surface area contributed by atoms with Crippen molar-refractivity contribution in [1.29, 1.82) is 0 Å². The molecule has 0 spiro atoms. The molecule has 5 rings (SSSR count). The van der Waals surface area contributed by atoms with Crippen molar-refractivity contribution >= 4 is 33.5 Å². The van der Waals surface area contributed by atoms with Gasteiger partial charge in [0.15, 0.2) is 0 Å². The normalized spacial score (nSPS) is 22.0. The van der Waals surface area contributed by atoms with Crippen LogP contribution in [0.25, 0.3) is 0 Å². The Morgan fingerprint density at radius 2 is 1.73 bits per heavy atom. The molecule has 0 atom stereocenters. The van der Waals surface area contributed by atoms with Gasteiger partial charge in [-0.05, 0) is 82.3 Å². The highest BCUT2D eigenvalue weighted by molar-refractivity contribution is 7.89. The number of piperazine rings is 1. The number of aromatic nitrogens is 2. The Balaban J connectivity index is 1.20. The van der Waals surface area contributed by atoms with Crippen molar-refractivity contribution in [3.05, 3.63) is 41.7 Å². The molecule has 0 unspecified atom stereocenters. The number of hydrogen-bond donors (Lipinski definition) is 2. The molecule has 3 fully saturated rings. The number of hydrogen-bond acceptors (Lipinski definition) is 8. The third kappa shape index (κ3) is 6.86. The third-order valence-electron chi connectivity index (χ3n) is 8.86. The van der Waals surface area contributed by atoms with E-state index in [0.717, 1.165) is 6.42 Å². The lowest BCUT2D eigenvalue weighted by molar-refractivity contribution is -0.129. The Hall–Kier alpha value is -3.23. The predicted octanol–water partition coefficient (Wildman–Crippen LogP) is 2.79. The number of nitrogens with one attached hydrogen (secondary N) is 1. The summed E-state index contributed by atoms with van der Waals surface area (Å²) in [6, 6.07) is 7.65. The van der Waals surface area contributed by atoms with E-state index in [4.69, 9.17) is 5.73 Å². The topological polar surface area (TPSA) is 142 Å². The van der Waals surface area contributed by atoms with E-state index in [9.17, 15) is 18.0 Å². The van der Waals surface area contributed by atoms with E-state index in [-0.39, 0.29) is 73.3 Å². The minimum Gasteiger partial charge on any atom is -0.356 e. The minimum atomic E-state index is -3.78. The van der Waals surface area contributed by atoms with Crippen LogP contribution in [0.4, 0.5) is 20.4 Å². The molecule has 0 bridgehead atoms. The highest BCUT2D eigenvalue weighted by atomic mass is 32.2. The number of anilines is 2. The predicted molar refractivity (Wildman–Crippen MR) is 162 cm³/mol. The van der Waals surface area contributed by atoms with Crippen molar-refractivity contribution in [2.75, 3.05) is 55.6 Å². The summed E-state index contributed by atoms with van der Waals surface area (Å²) in [5.41, 5.74) is 6.21. The smallest absolute Gasteiger partial charge is 0.292 e. The molecule has 1 aromatic carbocycles. The van der Waals surface area contributed by atoms with E-state index in [1.807, 2.05) is 0 Å². The van der Waals surface area contributed by atoms with Crippen LogP contribution in [0.3, 0.4) is 0 Å². The molecule has 1 saturated carbocycles. The lowest BCUT2D eigenvalue weighted by Gasteiger charge is -2.35. The highest BCUT2D eigenvalue weighted by Gasteiger charge is 2.45. The number of benzene rings is 1. The van der Waals surface area contributed by atoms with Crippen molar-refractivity contribution in [3.8, 4) is 0 Å². The second-order valence-electron chi connectivity index (χ2n) is 11.8. The molecule has 0 radical (unpaired) electrons. The van der Waals surface area contributed by atoms with Gasteiger partial charge in [-0.2, -0.15) is 13.1 Å². The Morgan fingerprint density at radius 3 is 2.34 bits per heavy atom. The number of carbonyl (C=O) groups is 2. The van der Waals surface area contributed by atoms with Gasteiger partial charge in [-0.3, -0.25) is 9.59 Å². The van der Waals surface area contributed by atoms with Gasteiger partial charge in [-0.1, -0.05) is 0 Å². The molecule has 3 aliphatic rings. The van der Waals surface area contributed by atoms with Crippen LogP contribution in [0.15, 0.2) is 35.2 Å². The molecule has 2 amide bonds. The summed E-state index contributed by atoms with van der Waals surface area (Å²) in [7, 11) is -3.78. The third-order valence-corrected chi connectivity index (χ3v) is 10.8. The molecule has 3 N–H and O–H groups in total. The van der Waals surface area contributed by atoms with Crippen LogP contribution in [0.5, 0.6) is 0 Å². The average Bonchev–Trinajstić information content (AvgIpc) is 3.46. The number of nitrogens with two attached hydrogens (primary N) is 1. The van der Waals surface area contributed by atoms with Gasteiger partial charge in [-0.15, -0.1) is 0 Å². The van der Waals surface area contributed by atoms with Crippen LogP contribution < -0.4 is 20.9 Å². The second kappa shape index (κ2) is 13.4. The van der Waals surface area contributed by atoms with Crippen LogP contribution in [0, 0.1) is 18.8 Å². The molecule has 14 heteroatoms. The zero-order valence-corrected chi connectivity index (χ0v) is 25.9. The Morgan fingerprint density at radius 1 is 1.05 bits per heavy atom. The van der Waals surface area contributed by atoms with E-state index in [1.54, 1.807) is 28.9 Å².